The van der Waals surface area contributed by atoms with Crippen molar-refractivity contribution >= 4 is 72.3 Å². The zero-order valence-electron chi connectivity index (χ0n) is 48.6. The summed E-state index contributed by atoms with van der Waals surface area (Å²) in [6.07, 6.45) is 13.1. The van der Waals surface area contributed by atoms with Crippen molar-refractivity contribution in [1.29, 1.82) is 15.8 Å². The lowest BCUT2D eigenvalue weighted by atomic mass is 10.2. The van der Waals surface area contributed by atoms with Crippen molar-refractivity contribution in [3.8, 4) is 18.2 Å². The zero-order chi connectivity index (χ0) is 65.3. The minimum Gasteiger partial charge on any atom is -0.468 e. The molecule has 3 N–H and O–H groups in total. The lowest BCUT2D eigenvalue weighted by Crippen LogP contribution is -2.15. The van der Waals surface area contributed by atoms with Gasteiger partial charge in [-0.05, 0) is 124 Å². The number of aromatic amines is 3. The number of ether oxygens (including phenoxy) is 9. The number of aromatic nitrogens is 3. The van der Waals surface area contributed by atoms with Gasteiger partial charge in [-0.2, -0.15) is 15.8 Å². The summed E-state index contributed by atoms with van der Waals surface area (Å²) in [5.74, 6) is -1.54. The summed E-state index contributed by atoms with van der Waals surface area (Å²) in [7, 11) is 0. The van der Waals surface area contributed by atoms with Crippen molar-refractivity contribution in [1.82, 2.24) is 15.0 Å². The lowest BCUT2D eigenvalue weighted by molar-refractivity contribution is -0.143. The number of carbonyl (C=O) groups excluding carboxylic acids is 6. The fourth-order valence-electron chi connectivity index (χ4n) is 6.51. The lowest BCUT2D eigenvalue weighted by Gasteiger charge is -2.06. The molecule has 0 aliphatic heterocycles. The number of aryl methyl sites for hydroxylation is 3. The van der Waals surface area contributed by atoms with Crippen LogP contribution < -0.4 is 0 Å². The first kappa shape index (κ1) is 70.2. The molecule has 0 spiro atoms. The van der Waals surface area contributed by atoms with Gasteiger partial charge < -0.3 is 70.8 Å². The Morgan fingerprint density at radius 1 is 0.389 bits per heavy atom. The molecule has 90 heavy (non-hydrogen) atoms. The molecule has 27 nitrogen and oxygen atoms in total. The van der Waals surface area contributed by atoms with E-state index >= 15 is 0 Å². The molecule has 6 rings (SSSR count). The topological polar surface area (TPSA) is 357 Å². The van der Waals surface area contributed by atoms with E-state index in [1.54, 1.807) is 130 Å². The average Bonchev–Trinajstić information content (AvgIpc) is 4.43. The molecule has 0 aliphatic carbocycles. The van der Waals surface area contributed by atoms with Crippen molar-refractivity contribution in [2.45, 2.75) is 20.8 Å². The van der Waals surface area contributed by atoms with Crippen LogP contribution in [0, 0.1) is 74.5 Å². The number of esters is 6. The van der Waals surface area contributed by atoms with Crippen LogP contribution in [0.5, 0.6) is 0 Å². The largest absolute Gasteiger partial charge is 0.468 e. The van der Waals surface area contributed by atoms with Crippen LogP contribution in [0.1, 0.15) is 51.6 Å². The highest BCUT2D eigenvalue weighted by atomic mass is 16.6. The van der Waals surface area contributed by atoms with Crippen molar-refractivity contribution in [2.75, 3.05) is 79.3 Å². The summed E-state index contributed by atoms with van der Waals surface area (Å²) < 4.78 is 61.3. The highest BCUT2D eigenvalue weighted by molar-refractivity contribution is 5.99. The number of nitriles is 3. The average molecular weight is 1230 g/mol. The fraction of sp³-hybridized carbons (Fsp3) is 0.238. The molecular formula is C63H57N9O18. The molecule has 0 aliphatic rings. The summed E-state index contributed by atoms with van der Waals surface area (Å²) in [6.45, 7) is 26.4. The van der Waals surface area contributed by atoms with Crippen molar-refractivity contribution in [3.63, 3.8) is 0 Å². The molecule has 0 atom stereocenters. The Labute approximate surface area is 515 Å². The van der Waals surface area contributed by atoms with Gasteiger partial charge in [-0.15, -0.1) is 0 Å². The third-order valence-electron chi connectivity index (χ3n) is 10.7. The SMILES string of the molecule is [C-]#[N+]/C(=C\c1ccc(C)o1)C(=O)OCCOCCOC(=O)/C(C#N)=C/c1ccc(C)o1.[C-]#[N+]/C(=C\c1ccc(C)o1)C(=O)OCCOCCOC(=O)/C(C#N)=C/c1ccc[nH]1.[C-]#[N+]/C(=C\c1ccc[nH]1)C(=O)OCCOCCOC(=O)/C(C#N)=C/c1ccc[nH]1. The van der Waals surface area contributed by atoms with E-state index < -0.39 is 35.8 Å². The third-order valence-corrected chi connectivity index (χ3v) is 10.7. The maximum absolute atomic E-state index is 11.9. The van der Waals surface area contributed by atoms with Crippen LogP contribution in [0.3, 0.4) is 0 Å². The van der Waals surface area contributed by atoms with E-state index in [0.29, 0.717) is 51.6 Å². The molecule has 462 valence electrons. The Hall–Kier alpha value is -12.2. The van der Waals surface area contributed by atoms with Gasteiger partial charge in [-0.1, -0.05) is 0 Å². The normalized spacial score (nSPS) is 11.4. The van der Waals surface area contributed by atoms with Gasteiger partial charge in [0.25, 0.3) is 17.1 Å². The molecule has 6 aromatic rings. The number of nitrogens with zero attached hydrogens (tertiary/aromatic N) is 6. The second-order valence-corrected chi connectivity index (χ2v) is 17.3. The van der Waals surface area contributed by atoms with Gasteiger partial charge in [0.15, 0.2) is 0 Å². The van der Waals surface area contributed by atoms with Gasteiger partial charge in [0.2, 0.25) is 0 Å². The predicted molar refractivity (Wildman–Crippen MR) is 315 cm³/mol. The fourth-order valence-corrected chi connectivity index (χ4v) is 6.51. The molecule has 0 unspecified atom stereocenters. The van der Waals surface area contributed by atoms with Crippen molar-refractivity contribution < 1.29 is 84.7 Å². The maximum Gasteiger partial charge on any atom is 0.349 e. The number of H-pyrrole nitrogens is 3. The van der Waals surface area contributed by atoms with Gasteiger partial charge in [0, 0.05) is 41.7 Å². The van der Waals surface area contributed by atoms with E-state index in [-0.39, 0.29) is 113 Å². The molecule has 0 aromatic carbocycles. The van der Waals surface area contributed by atoms with Gasteiger partial charge in [-0.3, -0.25) is 14.4 Å². The molecule has 0 fully saturated rings. The molecular weight excluding hydrogens is 1170 g/mol. The van der Waals surface area contributed by atoms with Crippen LogP contribution in [-0.2, 0) is 71.4 Å². The number of rotatable bonds is 30. The van der Waals surface area contributed by atoms with Crippen molar-refractivity contribution in [3.05, 3.63) is 211 Å². The second-order valence-electron chi connectivity index (χ2n) is 17.3. The quantitative estimate of drug-likeness (QED) is 0.00947. The van der Waals surface area contributed by atoms with Crippen LogP contribution in [0.25, 0.3) is 51.0 Å². The molecule has 0 radical (unpaired) electrons. The van der Waals surface area contributed by atoms with E-state index in [1.165, 1.54) is 36.5 Å². The number of hydrogen-bond acceptors (Lipinski definition) is 21. The second kappa shape index (κ2) is 40.1. The zero-order valence-corrected chi connectivity index (χ0v) is 48.6. The molecule has 0 amide bonds. The van der Waals surface area contributed by atoms with Gasteiger partial charge in [-0.25, -0.2) is 28.9 Å². The molecule has 6 aromatic heterocycles. The molecule has 27 heteroatoms. The van der Waals surface area contributed by atoms with E-state index in [0.717, 1.165) is 0 Å². The van der Waals surface area contributed by atoms with E-state index in [2.05, 4.69) is 29.5 Å². The standard InChI is InChI=1S/C22H20N2O7.C21H19N3O6.C20H18N4O5/c1-15-4-6-18(30-15)12-17(14-23)21(25)28-10-8-27-9-11-29-22(26)20(24-3)13-19-7-5-16(2)31-19;1-15-5-6-18(30-15)13-19(23-2)21(26)29-11-9-27-8-10-28-20(25)16(14-22)12-17-4-3-7-24-17;1-22-18(13-17-5-3-7-24-17)20(26)29-11-9-27-8-10-28-19(25)15(14-21)12-16-4-2-6-23-16/h4-7,12-13H,8-11H2,1-2H3;3-7,12-13,24H,8-11H2,1H3;2-7,12-13,23-24H,8-11H2/b17-12+,20-13-;16-12+,19-13-;15-12+,18-13-. The van der Waals surface area contributed by atoms with E-state index in [4.69, 9.17) is 91.4 Å². The van der Waals surface area contributed by atoms with Crippen LogP contribution >= 0.6 is 0 Å². The summed E-state index contributed by atoms with van der Waals surface area (Å²) in [6, 6.07) is 25.7. The Balaban J connectivity index is 0.000000288. The van der Waals surface area contributed by atoms with E-state index in [1.807, 2.05) is 0 Å². The minimum absolute atomic E-state index is 0.0407. The monoisotopic (exact) mass is 1230 g/mol. The highest BCUT2D eigenvalue weighted by Gasteiger charge is 2.17. The summed E-state index contributed by atoms with van der Waals surface area (Å²) in [4.78, 5) is 89.2. The van der Waals surface area contributed by atoms with E-state index in [9.17, 15) is 28.8 Å². The maximum atomic E-state index is 11.9. The highest BCUT2D eigenvalue weighted by Crippen LogP contribution is 2.16. The third kappa shape index (κ3) is 26.8. The first-order valence-electron chi connectivity index (χ1n) is 26.6. The summed E-state index contributed by atoms with van der Waals surface area (Å²) in [5, 5.41) is 27.1. The van der Waals surface area contributed by atoms with Crippen molar-refractivity contribution in [2.24, 2.45) is 0 Å². The Morgan fingerprint density at radius 3 is 0.911 bits per heavy atom. The number of nitrogens with one attached hydrogen (secondary N) is 3. The summed E-state index contributed by atoms with van der Waals surface area (Å²) in [5.41, 5.74) is 0.776. The van der Waals surface area contributed by atoms with Crippen LogP contribution in [0.15, 0.2) is 138 Å². The molecule has 0 saturated carbocycles. The first-order valence-corrected chi connectivity index (χ1v) is 26.6. The minimum atomic E-state index is -0.799. The summed E-state index contributed by atoms with van der Waals surface area (Å²) >= 11 is 0. The molecule has 0 bridgehead atoms. The Kier molecular flexibility index (Phi) is 31.3. The number of hydrogen-bond donors (Lipinski definition) is 3. The Bertz CT molecular complexity index is 3630. The van der Waals surface area contributed by atoms with Crippen LogP contribution in [0.4, 0.5) is 0 Å². The molecule has 6 heterocycles. The number of furan rings is 3. The van der Waals surface area contributed by atoms with Gasteiger partial charge in [0.05, 0.1) is 59.4 Å². The Morgan fingerprint density at radius 2 is 0.656 bits per heavy atom. The smallest absolute Gasteiger partial charge is 0.349 e. The molecule has 0 saturated heterocycles. The predicted octanol–water partition coefficient (Wildman–Crippen LogP) is 8.66. The van der Waals surface area contributed by atoms with Crippen LogP contribution in [0.2, 0.25) is 0 Å². The first-order chi connectivity index (χ1) is 43.6. The van der Waals surface area contributed by atoms with Crippen LogP contribution in [-0.4, -0.2) is 130 Å². The van der Waals surface area contributed by atoms with Gasteiger partial charge >= 0.3 is 35.8 Å². The number of carbonyl (C=O) groups is 6. The van der Waals surface area contributed by atoms with Gasteiger partial charge in [0.1, 0.15) is 109 Å².